The molecule has 23 heteroatoms. The van der Waals surface area contributed by atoms with E-state index in [1.165, 1.54) is 43.5 Å². The maximum Gasteiger partial charge on any atom is 0.337 e. The summed E-state index contributed by atoms with van der Waals surface area (Å²) in [7, 11) is -7.43. The molecule has 2 aromatic carbocycles. The van der Waals surface area contributed by atoms with E-state index in [-0.39, 0.29) is 33.0 Å². The van der Waals surface area contributed by atoms with E-state index in [2.05, 4.69) is 35.2 Å². The molecule has 1 amide bonds. The van der Waals surface area contributed by atoms with Crippen molar-refractivity contribution in [1.29, 1.82) is 0 Å². The predicted molar refractivity (Wildman–Crippen MR) is 258 cm³/mol. The van der Waals surface area contributed by atoms with E-state index in [0.29, 0.717) is 42.6 Å². The first kappa shape index (κ1) is 49.9. The van der Waals surface area contributed by atoms with Crippen molar-refractivity contribution in [1.82, 2.24) is 39.4 Å². The van der Waals surface area contributed by atoms with Gasteiger partial charge in [-0.2, -0.15) is 10.2 Å². The first-order valence-electron chi connectivity index (χ1n) is 22.6. The Labute approximate surface area is 408 Å². The number of carbonyl (C=O) groups is 2. The van der Waals surface area contributed by atoms with Gasteiger partial charge in [0.25, 0.3) is 5.91 Å². The van der Waals surface area contributed by atoms with E-state index in [1.54, 1.807) is 9.42 Å². The van der Waals surface area contributed by atoms with Gasteiger partial charge >= 0.3 is 5.97 Å². The molecule has 0 unspecified atom stereocenters. The second-order valence-electron chi connectivity index (χ2n) is 18.1. The zero-order valence-corrected chi connectivity index (χ0v) is 41.4. The van der Waals surface area contributed by atoms with E-state index in [1.807, 2.05) is 22.2 Å². The first-order valence-corrected chi connectivity index (χ1v) is 27.1. The quantitative estimate of drug-likeness (QED) is 0.101. The van der Waals surface area contributed by atoms with Crippen molar-refractivity contribution in [3.05, 3.63) is 116 Å². The lowest BCUT2D eigenvalue weighted by Gasteiger charge is -2.35. The van der Waals surface area contributed by atoms with Gasteiger partial charge in [0.1, 0.15) is 11.6 Å². The Bertz CT molecular complexity index is 3190. The van der Waals surface area contributed by atoms with Crippen LogP contribution in [0.25, 0.3) is 11.3 Å². The average molecular weight is 1030 g/mol. The molecule has 0 bridgehead atoms. The molecule has 0 radical (unpaired) electrons. The number of carboxylic acid groups (broad SMARTS) is 1. The predicted octanol–water partition coefficient (Wildman–Crippen LogP) is 8.73. The number of piperidine rings is 2. The van der Waals surface area contributed by atoms with Gasteiger partial charge in [0.05, 0.1) is 68.5 Å². The normalized spacial score (nSPS) is 18.5. The minimum atomic E-state index is -3.74. The Hall–Kier alpha value is -5.48. The number of amides is 1. The molecule has 6 heterocycles. The topological polar surface area (TPSA) is 222 Å². The summed E-state index contributed by atoms with van der Waals surface area (Å²) in [6, 6.07) is 11.9. The third kappa shape index (κ3) is 12.1. The van der Waals surface area contributed by atoms with Crippen molar-refractivity contribution < 1.29 is 40.3 Å². The zero-order valence-electron chi connectivity index (χ0n) is 38.3. The molecule has 2 saturated carbocycles. The van der Waals surface area contributed by atoms with Crippen LogP contribution in [0.3, 0.4) is 0 Å². The third-order valence-corrected chi connectivity index (χ3v) is 13.9. The van der Waals surface area contributed by atoms with E-state index in [4.69, 9.17) is 48.5 Å². The van der Waals surface area contributed by atoms with Crippen LogP contribution in [0.2, 0.25) is 10.0 Å². The van der Waals surface area contributed by atoms with Gasteiger partial charge in [0.2, 0.25) is 20.0 Å². The number of halogens is 4. The zero-order chi connectivity index (χ0) is 49.5. The smallest absolute Gasteiger partial charge is 0.337 e. The summed E-state index contributed by atoms with van der Waals surface area (Å²) in [5.41, 5.74) is 6.98. The van der Waals surface area contributed by atoms with Gasteiger partial charge in [-0.15, -0.1) is 0 Å². The van der Waals surface area contributed by atoms with Crippen molar-refractivity contribution in [2.24, 2.45) is 0 Å². The van der Waals surface area contributed by atoms with Crippen LogP contribution < -0.4 is 14.8 Å². The van der Waals surface area contributed by atoms with Crippen LogP contribution in [-0.2, 0) is 20.0 Å². The summed E-state index contributed by atoms with van der Waals surface area (Å²) in [5, 5.41) is 21.3. The molecule has 4 N–H and O–H groups in total. The van der Waals surface area contributed by atoms with Crippen LogP contribution in [0, 0.1) is 25.5 Å². The van der Waals surface area contributed by atoms with Crippen molar-refractivity contribution in [3.63, 3.8) is 0 Å². The lowest BCUT2D eigenvalue weighted by Crippen LogP contribution is -2.39. The van der Waals surface area contributed by atoms with Crippen molar-refractivity contribution in [2.45, 2.75) is 102 Å². The maximum absolute atomic E-state index is 14.2. The average Bonchev–Trinajstić information content (AvgIpc) is 4.23. The Balaban J connectivity index is 0.000000154. The van der Waals surface area contributed by atoms with Gasteiger partial charge in [-0.3, -0.25) is 14.2 Å². The summed E-state index contributed by atoms with van der Waals surface area (Å²) < 4.78 is 80.7. The number of carboxylic acids is 1. The number of hydrogen-bond donors (Lipinski definition) is 4. The Morgan fingerprint density at radius 3 is 1.65 bits per heavy atom. The molecular weight excluding hydrogens is 978 g/mol. The number of carbonyl (C=O) groups excluding carboxylic acids is 1. The fourth-order valence-corrected chi connectivity index (χ4v) is 10.4. The van der Waals surface area contributed by atoms with E-state index >= 15 is 0 Å². The van der Waals surface area contributed by atoms with Gasteiger partial charge in [0.15, 0.2) is 11.3 Å². The Morgan fingerprint density at radius 2 is 1.16 bits per heavy atom. The van der Waals surface area contributed by atoms with Crippen LogP contribution in [0.1, 0.15) is 143 Å². The number of likely N-dealkylation sites (tertiary alicyclic amines) is 1. The lowest BCUT2D eigenvalue weighted by atomic mass is 9.98. The van der Waals surface area contributed by atoms with Crippen LogP contribution in [0.5, 0.6) is 0 Å². The minimum absolute atomic E-state index is 0.124. The summed E-state index contributed by atoms with van der Waals surface area (Å²) >= 11 is 11.7. The highest BCUT2D eigenvalue weighted by Gasteiger charge is 2.34. The second-order valence-corrected chi connectivity index (χ2v) is 22.4. The van der Waals surface area contributed by atoms with E-state index in [9.17, 15) is 35.2 Å². The number of aromatic nitrogens is 6. The van der Waals surface area contributed by atoms with Crippen molar-refractivity contribution in [3.8, 4) is 0 Å². The molecule has 69 heavy (non-hydrogen) atoms. The minimum Gasteiger partial charge on any atom is -0.478 e. The summed E-state index contributed by atoms with van der Waals surface area (Å²) in [5.74, 6) is -2.35. The first-order chi connectivity index (χ1) is 32.6. The Kier molecular flexibility index (Phi) is 14.5. The van der Waals surface area contributed by atoms with Crippen LogP contribution in [0.4, 0.5) is 20.2 Å². The maximum atomic E-state index is 14.2. The van der Waals surface area contributed by atoms with Gasteiger partial charge in [-0.05, 0) is 115 Å². The molecule has 4 fully saturated rings. The molecule has 2 atom stereocenters. The number of aryl methyl sites for hydroxylation is 2. The Morgan fingerprint density at radius 1 is 0.667 bits per heavy atom. The highest BCUT2D eigenvalue weighted by Crippen LogP contribution is 2.41. The molecule has 0 spiro atoms. The van der Waals surface area contributed by atoms with Gasteiger partial charge < -0.3 is 15.3 Å². The highest BCUT2D eigenvalue weighted by atomic mass is 35.5. The number of nitrogens with zero attached hydrogens (tertiary/aromatic N) is 7. The summed E-state index contributed by atoms with van der Waals surface area (Å²) in [6.07, 6.45) is 12.8. The molecule has 2 aliphatic carbocycles. The number of rotatable bonds is 10. The van der Waals surface area contributed by atoms with Crippen molar-refractivity contribution >= 4 is 77.8 Å². The molecule has 2 aliphatic heterocycles. The van der Waals surface area contributed by atoms with E-state index < -0.39 is 49.1 Å². The molecule has 4 aliphatic rings. The lowest BCUT2D eigenvalue weighted by molar-refractivity contribution is 0.0605. The number of hydrogen-bond acceptors (Lipinski definition) is 11. The molecule has 6 aromatic rings. The second kappa shape index (κ2) is 20.1. The number of benzene rings is 2. The highest BCUT2D eigenvalue weighted by molar-refractivity contribution is 7.92. The summed E-state index contributed by atoms with van der Waals surface area (Å²) in [6.45, 7) is 5.66. The van der Waals surface area contributed by atoms with Crippen LogP contribution in [0.15, 0.2) is 48.5 Å². The largest absolute Gasteiger partial charge is 0.478 e. The van der Waals surface area contributed by atoms with Crippen LogP contribution >= 0.6 is 23.2 Å². The molecule has 17 nitrogen and oxygen atoms in total. The fourth-order valence-electron chi connectivity index (χ4n) is 8.65. The molecule has 4 aromatic heterocycles. The monoisotopic (exact) mass is 1030 g/mol. The van der Waals surface area contributed by atoms with Crippen molar-refractivity contribution in [2.75, 3.05) is 35.0 Å². The number of nitrogens with one attached hydrogen (secondary N) is 3. The fraction of sp³-hybridized carbons (Fsp3) is 0.435. The summed E-state index contributed by atoms with van der Waals surface area (Å²) in [4.78, 5) is 35.6. The molecule has 10 rings (SSSR count). The third-order valence-electron chi connectivity index (χ3n) is 12.2. The number of aromatic carboxylic acids is 1. The molecule has 2 saturated heterocycles. The standard InChI is InChI=1S/C23H25ClFN5O3S.C15H20N4.C8H7ClFNO4S/c1-13-9-18(14-6-7-14)26-21-12-19(27-30(13)21)20-5-3-4-8-29(20)23(31)16-10-15(25)11-17(24)22(16)28-34(2,32)33;1-10-8-13(11-5-6-11)17-15-9-14(18-19(10)15)12-4-2-3-7-16-12;1-16(14,15)11-7-5(8(12)13)2-4(10)3-6(7)9/h9-12,14,20,28H,3-8H2,1-2H3;8-9,11-12,16H,2-7H2,1H3;2-3,11H,1H3,(H,12,13)/t20-;12-;/m00./s1. The van der Waals surface area contributed by atoms with Crippen LogP contribution in [-0.4, -0.2) is 93.5 Å². The number of sulfonamides is 2. The molecule has 368 valence electrons. The van der Waals surface area contributed by atoms with Gasteiger partial charge in [-0.1, -0.05) is 29.6 Å². The molecular formula is C46H52Cl2F2N10O7S2. The number of fused-ring (bicyclic) bond motifs is 2. The SMILES string of the molecule is CS(=O)(=O)Nc1c(Cl)cc(F)cc1C(=O)O.Cc1cc(C2CC2)nc2cc([C@@H]3CCCCN3)nn12.Cc1cc(C2CC2)nc2cc([C@@H]3CCCCN3C(=O)c3cc(F)cc(Cl)c3NS(C)(=O)=O)nn12. The van der Waals surface area contributed by atoms with Gasteiger partial charge in [0, 0.05) is 53.3 Å². The number of anilines is 2. The van der Waals surface area contributed by atoms with Gasteiger partial charge in [-0.25, -0.2) is 49.4 Å². The van der Waals surface area contributed by atoms with E-state index in [0.717, 1.165) is 91.3 Å².